The second-order valence-electron chi connectivity index (χ2n) is 4.57. The molecule has 1 rings (SSSR count). The molecule has 0 aromatic carbocycles. The van der Waals surface area contributed by atoms with Gasteiger partial charge in [-0.15, -0.1) is 0 Å². The van der Waals surface area contributed by atoms with Crippen LogP contribution in [0.2, 0.25) is 0 Å². The lowest BCUT2D eigenvalue weighted by molar-refractivity contribution is -0.203. The number of urea groups is 1. The number of aliphatic carboxylic acids is 1. The maximum absolute atomic E-state index is 12.5. The van der Waals surface area contributed by atoms with E-state index in [0.29, 0.717) is 19.8 Å². The van der Waals surface area contributed by atoms with Gasteiger partial charge in [0, 0.05) is 5.54 Å². The molecule has 0 radical (unpaired) electrons. The van der Waals surface area contributed by atoms with Gasteiger partial charge in [0.2, 0.25) is 5.54 Å². The Balaban J connectivity index is 2.74. The summed E-state index contributed by atoms with van der Waals surface area (Å²) in [5.41, 5.74) is -3.81. The quantitative estimate of drug-likeness (QED) is 0.709. The molecule has 98 valence electrons. The zero-order valence-electron chi connectivity index (χ0n) is 9.31. The average molecular weight is 254 g/mol. The van der Waals surface area contributed by atoms with Crippen molar-refractivity contribution in [1.82, 2.24) is 10.6 Å². The number of nitrogens with one attached hydrogen (secondary N) is 2. The molecule has 0 aromatic rings. The minimum atomic E-state index is -5.07. The number of carboxylic acids is 1. The molecule has 1 unspecified atom stereocenters. The zero-order chi connectivity index (χ0) is 13.5. The highest BCUT2D eigenvalue weighted by Gasteiger charge is 2.59. The van der Waals surface area contributed by atoms with Crippen LogP contribution in [0, 0.1) is 0 Å². The van der Waals surface area contributed by atoms with Crippen molar-refractivity contribution >= 4 is 12.0 Å². The van der Waals surface area contributed by atoms with Crippen LogP contribution in [0.5, 0.6) is 0 Å². The van der Waals surface area contributed by atoms with Crippen LogP contribution in [-0.4, -0.2) is 34.4 Å². The number of amides is 2. The van der Waals surface area contributed by atoms with Gasteiger partial charge in [-0.05, 0) is 26.7 Å². The SMILES string of the molecule is CC1(NC(=O)NC(C)(C(=O)O)C(F)(F)F)CC1. The summed E-state index contributed by atoms with van der Waals surface area (Å²) in [4.78, 5) is 21.9. The average Bonchev–Trinajstić information content (AvgIpc) is 2.79. The molecule has 3 N–H and O–H groups in total. The lowest BCUT2D eigenvalue weighted by Gasteiger charge is -2.29. The van der Waals surface area contributed by atoms with Crippen molar-refractivity contribution in [1.29, 1.82) is 0 Å². The topological polar surface area (TPSA) is 78.4 Å². The maximum Gasteiger partial charge on any atom is 0.422 e. The second kappa shape index (κ2) is 3.78. The summed E-state index contributed by atoms with van der Waals surface area (Å²) >= 11 is 0. The summed E-state index contributed by atoms with van der Waals surface area (Å²) < 4.78 is 37.6. The number of rotatable bonds is 3. The fourth-order valence-corrected chi connectivity index (χ4v) is 1.09. The Hall–Kier alpha value is -1.47. The van der Waals surface area contributed by atoms with Crippen LogP contribution in [0.25, 0.3) is 0 Å². The summed E-state index contributed by atoms with van der Waals surface area (Å²) in [6, 6.07) is -1.13. The first-order valence-corrected chi connectivity index (χ1v) is 4.91. The molecule has 1 aliphatic carbocycles. The number of hydrogen-bond donors (Lipinski definition) is 3. The summed E-state index contributed by atoms with van der Waals surface area (Å²) in [5.74, 6) is -2.15. The highest BCUT2D eigenvalue weighted by Crippen LogP contribution is 2.35. The third kappa shape index (κ3) is 2.80. The number of carbonyl (C=O) groups is 2. The van der Waals surface area contributed by atoms with Crippen LogP contribution in [-0.2, 0) is 4.79 Å². The molecule has 1 aliphatic rings. The Labute approximate surface area is 95.4 Å². The standard InChI is InChI=1S/C9H13F3N2O3/c1-7(3-4-7)13-6(17)14-8(2,5(15)16)9(10,11)12/h3-4H2,1-2H3,(H,15,16)(H2,13,14,17). The fourth-order valence-electron chi connectivity index (χ4n) is 1.09. The number of hydrogen-bond acceptors (Lipinski definition) is 2. The van der Waals surface area contributed by atoms with E-state index in [4.69, 9.17) is 5.11 Å². The van der Waals surface area contributed by atoms with Gasteiger partial charge in [0.15, 0.2) is 0 Å². The summed E-state index contributed by atoms with van der Waals surface area (Å²) in [6.45, 7) is 2.07. The van der Waals surface area contributed by atoms with Gasteiger partial charge in [-0.25, -0.2) is 9.59 Å². The van der Waals surface area contributed by atoms with Crippen molar-refractivity contribution < 1.29 is 27.9 Å². The minimum absolute atomic E-state index is 0.407. The summed E-state index contributed by atoms with van der Waals surface area (Å²) in [5, 5.41) is 12.3. The third-order valence-corrected chi connectivity index (χ3v) is 2.77. The van der Waals surface area contributed by atoms with Crippen LogP contribution < -0.4 is 10.6 Å². The monoisotopic (exact) mass is 254 g/mol. The van der Waals surface area contributed by atoms with Crippen molar-refractivity contribution in [3.63, 3.8) is 0 Å². The molecule has 0 aromatic heterocycles. The predicted molar refractivity (Wildman–Crippen MR) is 51.4 cm³/mol. The molecule has 0 saturated heterocycles. The molecule has 5 nitrogen and oxygen atoms in total. The summed E-state index contributed by atoms with van der Waals surface area (Å²) in [7, 11) is 0. The lowest BCUT2D eigenvalue weighted by atomic mass is 10.0. The smallest absolute Gasteiger partial charge is 0.422 e. The first kappa shape index (κ1) is 13.6. The van der Waals surface area contributed by atoms with Crippen molar-refractivity contribution in [3.05, 3.63) is 0 Å². The van der Waals surface area contributed by atoms with Gasteiger partial charge in [0.1, 0.15) is 0 Å². The van der Waals surface area contributed by atoms with Crippen LogP contribution in [0.3, 0.4) is 0 Å². The van der Waals surface area contributed by atoms with E-state index in [1.54, 1.807) is 6.92 Å². The maximum atomic E-state index is 12.5. The van der Waals surface area contributed by atoms with Crippen molar-refractivity contribution in [3.8, 4) is 0 Å². The second-order valence-corrected chi connectivity index (χ2v) is 4.57. The molecular weight excluding hydrogens is 241 g/mol. The van der Waals surface area contributed by atoms with E-state index in [9.17, 15) is 22.8 Å². The number of alkyl halides is 3. The first-order valence-electron chi connectivity index (χ1n) is 4.91. The highest BCUT2D eigenvalue weighted by atomic mass is 19.4. The molecule has 0 spiro atoms. The Morgan fingerprint density at radius 1 is 1.29 bits per heavy atom. The molecule has 0 bridgehead atoms. The van der Waals surface area contributed by atoms with Crippen LogP contribution in [0.15, 0.2) is 0 Å². The molecule has 8 heteroatoms. The van der Waals surface area contributed by atoms with Gasteiger partial charge in [-0.1, -0.05) is 0 Å². The Kier molecular flexibility index (Phi) is 3.02. The first-order chi connectivity index (χ1) is 7.50. The number of carboxylic acid groups (broad SMARTS) is 1. The number of halogens is 3. The van der Waals surface area contributed by atoms with Crippen LogP contribution in [0.4, 0.5) is 18.0 Å². The largest absolute Gasteiger partial charge is 0.479 e. The highest BCUT2D eigenvalue weighted by molar-refractivity contribution is 5.87. The van der Waals surface area contributed by atoms with Crippen molar-refractivity contribution in [2.24, 2.45) is 0 Å². The van der Waals surface area contributed by atoms with Crippen LogP contribution >= 0.6 is 0 Å². The van der Waals surface area contributed by atoms with E-state index in [1.807, 2.05) is 0 Å². The molecule has 17 heavy (non-hydrogen) atoms. The van der Waals surface area contributed by atoms with E-state index in [0.717, 1.165) is 0 Å². The van der Waals surface area contributed by atoms with Crippen LogP contribution in [0.1, 0.15) is 26.7 Å². The molecule has 1 fully saturated rings. The fraction of sp³-hybridized carbons (Fsp3) is 0.778. The molecule has 2 amide bonds. The van der Waals surface area contributed by atoms with E-state index >= 15 is 0 Å². The lowest BCUT2D eigenvalue weighted by Crippen LogP contribution is -2.64. The molecular formula is C9H13F3N2O3. The van der Waals surface area contributed by atoms with Gasteiger partial charge >= 0.3 is 18.2 Å². The van der Waals surface area contributed by atoms with E-state index < -0.39 is 29.3 Å². The van der Waals surface area contributed by atoms with Gasteiger partial charge in [-0.2, -0.15) is 13.2 Å². The number of carbonyl (C=O) groups excluding carboxylic acids is 1. The molecule has 1 saturated carbocycles. The van der Waals surface area contributed by atoms with Gasteiger partial charge in [-0.3, -0.25) is 0 Å². The van der Waals surface area contributed by atoms with Gasteiger partial charge in [0.05, 0.1) is 0 Å². The Bertz CT molecular complexity index is 352. The molecule has 1 atom stereocenters. The van der Waals surface area contributed by atoms with E-state index in [-0.39, 0.29) is 0 Å². The van der Waals surface area contributed by atoms with E-state index in [1.165, 1.54) is 5.32 Å². The minimum Gasteiger partial charge on any atom is -0.479 e. The molecule has 0 aliphatic heterocycles. The summed E-state index contributed by atoms with van der Waals surface area (Å²) in [6.07, 6.45) is -3.74. The predicted octanol–water partition coefficient (Wildman–Crippen LogP) is 1.24. The molecule has 0 heterocycles. The third-order valence-electron chi connectivity index (χ3n) is 2.77. The Morgan fingerprint density at radius 3 is 2.06 bits per heavy atom. The van der Waals surface area contributed by atoms with Crippen molar-refractivity contribution in [2.75, 3.05) is 0 Å². The van der Waals surface area contributed by atoms with Gasteiger partial charge < -0.3 is 15.7 Å². The zero-order valence-corrected chi connectivity index (χ0v) is 9.31. The normalized spacial score (nSPS) is 21.2. The van der Waals surface area contributed by atoms with Gasteiger partial charge in [0.25, 0.3) is 0 Å². The van der Waals surface area contributed by atoms with Crippen molar-refractivity contribution in [2.45, 2.75) is 43.9 Å². The van der Waals surface area contributed by atoms with E-state index in [2.05, 4.69) is 5.32 Å². The Morgan fingerprint density at radius 2 is 1.76 bits per heavy atom.